The summed E-state index contributed by atoms with van der Waals surface area (Å²) in [5.74, 6) is 0. The smallest absolute Gasteiger partial charge is 0.0709 e. The van der Waals surface area contributed by atoms with Gasteiger partial charge in [-0.15, -0.1) is 0 Å². The second-order valence-electron chi connectivity index (χ2n) is 3.39. The summed E-state index contributed by atoms with van der Waals surface area (Å²) in [7, 11) is 0. The lowest BCUT2D eigenvalue weighted by Crippen LogP contribution is -1.78. The number of nitrogens with zero attached hydrogens (tertiary/aromatic N) is 1. The third-order valence-electron chi connectivity index (χ3n) is 2.40. The highest BCUT2D eigenvalue weighted by Crippen LogP contribution is 2.19. The number of H-pyrrole nitrogens is 1. The van der Waals surface area contributed by atoms with E-state index in [2.05, 4.69) is 52.8 Å². The molecule has 0 fully saturated rings. The van der Waals surface area contributed by atoms with E-state index in [1.165, 1.54) is 22.2 Å². The topological polar surface area (TPSA) is 20.2 Å². The second-order valence-corrected chi connectivity index (χ2v) is 3.39. The van der Waals surface area contributed by atoms with Crippen LogP contribution in [0.5, 0.6) is 0 Å². The molecule has 3 aromatic heterocycles. The number of aromatic amines is 1. The molecule has 64 valence electrons. The highest BCUT2D eigenvalue weighted by molar-refractivity contribution is 5.85. The zero-order valence-corrected chi connectivity index (χ0v) is 7.41. The van der Waals surface area contributed by atoms with E-state index in [-0.39, 0.29) is 0 Å². The Morgan fingerprint density at radius 1 is 1.23 bits per heavy atom. The van der Waals surface area contributed by atoms with Gasteiger partial charge in [-0.05, 0) is 31.2 Å². The minimum Gasteiger partial charge on any atom is -0.357 e. The molecule has 0 unspecified atom stereocenters. The van der Waals surface area contributed by atoms with E-state index in [0.29, 0.717) is 0 Å². The predicted molar refractivity (Wildman–Crippen MR) is 54.0 cm³/mol. The Hall–Kier alpha value is -1.70. The Morgan fingerprint density at radius 3 is 3.08 bits per heavy atom. The number of nitrogens with one attached hydrogen (secondary N) is 1. The highest BCUT2D eigenvalue weighted by Gasteiger charge is 2.02. The minimum absolute atomic E-state index is 1.21. The monoisotopic (exact) mass is 170 g/mol. The summed E-state index contributed by atoms with van der Waals surface area (Å²) in [5.41, 5.74) is 4.92. The molecule has 0 spiro atoms. The average molecular weight is 170 g/mol. The van der Waals surface area contributed by atoms with Gasteiger partial charge >= 0.3 is 0 Å². The van der Waals surface area contributed by atoms with Crippen LogP contribution in [0.2, 0.25) is 0 Å². The van der Waals surface area contributed by atoms with Gasteiger partial charge in [0, 0.05) is 17.4 Å². The first kappa shape index (κ1) is 6.78. The van der Waals surface area contributed by atoms with Crippen LogP contribution in [0.15, 0.2) is 36.5 Å². The molecule has 3 heterocycles. The molecule has 2 nitrogen and oxygen atoms in total. The summed E-state index contributed by atoms with van der Waals surface area (Å²) >= 11 is 0. The van der Waals surface area contributed by atoms with Crippen LogP contribution in [0, 0.1) is 6.92 Å². The first-order chi connectivity index (χ1) is 6.34. The fourth-order valence-electron chi connectivity index (χ4n) is 1.85. The van der Waals surface area contributed by atoms with Gasteiger partial charge < -0.3 is 9.38 Å². The van der Waals surface area contributed by atoms with Gasteiger partial charge in [0.05, 0.1) is 11.0 Å². The number of aryl methyl sites for hydroxylation is 1. The maximum atomic E-state index is 3.33. The van der Waals surface area contributed by atoms with Gasteiger partial charge in [0.2, 0.25) is 0 Å². The van der Waals surface area contributed by atoms with Crippen molar-refractivity contribution in [2.24, 2.45) is 0 Å². The molecule has 0 aliphatic rings. The molecule has 0 radical (unpaired) electrons. The van der Waals surface area contributed by atoms with Crippen molar-refractivity contribution in [2.75, 3.05) is 0 Å². The van der Waals surface area contributed by atoms with Crippen molar-refractivity contribution in [2.45, 2.75) is 6.92 Å². The number of pyridine rings is 1. The number of fused-ring (bicyclic) bond motifs is 3. The first-order valence-electron chi connectivity index (χ1n) is 4.40. The Morgan fingerprint density at radius 2 is 2.15 bits per heavy atom. The zero-order valence-electron chi connectivity index (χ0n) is 7.41. The van der Waals surface area contributed by atoms with E-state index in [4.69, 9.17) is 0 Å². The second kappa shape index (κ2) is 2.16. The maximum absolute atomic E-state index is 3.33. The van der Waals surface area contributed by atoms with Crippen molar-refractivity contribution in [1.29, 1.82) is 0 Å². The summed E-state index contributed by atoms with van der Waals surface area (Å²) in [5, 5.41) is 0. The Bertz CT molecular complexity index is 572. The fourth-order valence-corrected chi connectivity index (χ4v) is 1.85. The highest BCUT2D eigenvalue weighted by atomic mass is 14.9. The lowest BCUT2D eigenvalue weighted by atomic mass is 10.4. The zero-order chi connectivity index (χ0) is 8.84. The van der Waals surface area contributed by atoms with Gasteiger partial charge in [-0.3, -0.25) is 0 Å². The van der Waals surface area contributed by atoms with Crippen LogP contribution < -0.4 is 0 Å². The van der Waals surface area contributed by atoms with Gasteiger partial charge in [0.25, 0.3) is 0 Å². The molecule has 0 bridgehead atoms. The fraction of sp³-hybridized carbons (Fsp3) is 0.0909. The molecule has 3 aromatic rings. The van der Waals surface area contributed by atoms with E-state index in [1.54, 1.807) is 0 Å². The SMILES string of the molecule is Cc1cc2c(cc3ccccn32)[nH]1. The van der Waals surface area contributed by atoms with E-state index < -0.39 is 0 Å². The number of rotatable bonds is 0. The van der Waals surface area contributed by atoms with Crippen molar-refractivity contribution >= 4 is 16.6 Å². The molecule has 0 atom stereocenters. The average Bonchev–Trinajstić information content (AvgIpc) is 2.60. The maximum Gasteiger partial charge on any atom is 0.0709 e. The van der Waals surface area contributed by atoms with Gasteiger partial charge in [-0.1, -0.05) is 6.07 Å². The van der Waals surface area contributed by atoms with Crippen molar-refractivity contribution in [3.05, 3.63) is 42.2 Å². The van der Waals surface area contributed by atoms with Crippen molar-refractivity contribution in [3.8, 4) is 0 Å². The number of hydrogen-bond acceptors (Lipinski definition) is 0. The number of hydrogen-bond donors (Lipinski definition) is 1. The van der Waals surface area contributed by atoms with Crippen LogP contribution in [0.1, 0.15) is 5.69 Å². The van der Waals surface area contributed by atoms with Crippen molar-refractivity contribution < 1.29 is 0 Å². The number of aromatic nitrogens is 2. The van der Waals surface area contributed by atoms with Crippen molar-refractivity contribution in [1.82, 2.24) is 9.38 Å². The summed E-state index contributed by atoms with van der Waals surface area (Å²) in [6.45, 7) is 2.08. The molecule has 3 rings (SSSR count). The van der Waals surface area contributed by atoms with E-state index in [1.807, 2.05) is 0 Å². The molecule has 0 amide bonds. The first-order valence-corrected chi connectivity index (χ1v) is 4.40. The molecule has 0 aromatic carbocycles. The van der Waals surface area contributed by atoms with Gasteiger partial charge in [0.15, 0.2) is 0 Å². The standard InChI is InChI=1S/C11H10N2/c1-8-6-11-10(12-8)7-9-4-2-3-5-13(9)11/h2-7,12H,1H3. The molecule has 1 N–H and O–H groups in total. The summed E-state index contributed by atoms with van der Waals surface area (Å²) < 4.78 is 2.19. The summed E-state index contributed by atoms with van der Waals surface area (Å²) in [4.78, 5) is 3.33. The van der Waals surface area contributed by atoms with E-state index in [0.717, 1.165) is 0 Å². The van der Waals surface area contributed by atoms with Crippen LogP contribution in [0.4, 0.5) is 0 Å². The lowest BCUT2D eigenvalue weighted by Gasteiger charge is -1.92. The Labute approximate surface area is 75.8 Å². The molecule has 0 aliphatic heterocycles. The lowest BCUT2D eigenvalue weighted by molar-refractivity contribution is 1.25. The molecular weight excluding hydrogens is 160 g/mol. The van der Waals surface area contributed by atoms with E-state index >= 15 is 0 Å². The minimum atomic E-state index is 1.21. The molecule has 13 heavy (non-hydrogen) atoms. The Balaban J connectivity index is 2.60. The molecule has 0 saturated heterocycles. The summed E-state index contributed by atoms with van der Waals surface area (Å²) in [6, 6.07) is 10.6. The molecule has 0 aliphatic carbocycles. The quantitative estimate of drug-likeness (QED) is 0.535. The van der Waals surface area contributed by atoms with Crippen LogP contribution in [-0.2, 0) is 0 Å². The van der Waals surface area contributed by atoms with Crippen LogP contribution in [0.3, 0.4) is 0 Å². The third kappa shape index (κ3) is 0.827. The van der Waals surface area contributed by atoms with Crippen LogP contribution in [0.25, 0.3) is 16.6 Å². The predicted octanol–water partition coefficient (Wildman–Crippen LogP) is 2.73. The van der Waals surface area contributed by atoms with Gasteiger partial charge in [-0.25, -0.2) is 0 Å². The van der Waals surface area contributed by atoms with E-state index in [9.17, 15) is 0 Å². The molecular formula is C11H10N2. The Kier molecular flexibility index (Phi) is 1.13. The normalized spacial score (nSPS) is 11.5. The van der Waals surface area contributed by atoms with Crippen LogP contribution in [-0.4, -0.2) is 9.38 Å². The van der Waals surface area contributed by atoms with Gasteiger partial charge in [0.1, 0.15) is 0 Å². The van der Waals surface area contributed by atoms with Crippen molar-refractivity contribution in [3.63, 3.8) is 0 Å². The molecule has 2 heteroatoms. The summed E-state index contributed by atoms with van der Waals surface area (Å²) in [6.07, 6.45) is 2.09. The largest absolute Gasteiger partial charge is 0.357 e. The molecule has 0 saturated carbocycles. The van der Waals surface area contributed by atoms with Crippen LogP contribution >= 0.6 is 0 Å². The third-order valence-corrected chi connectivity index (χ3v) is 2.40. The van der Waals surface area contributed by atoms with Gasteiger partial charge in [-0.2, -0.15) is 0 Å².